The van der Waals surface area contributed by atoms with E-state index in [-0.39, 0.29) is 11.9 Å². The number of hydrogen-bond acceptors (Lipinski definition) is 5. The third kappa shape index (κ3) is 4.89. The number of anilines is 2. The first kappa shape index (κ1) is 24.2. The van der Waals surface area contributed by atoms with Crippen molar-refractivity contribution in [1.82, 2.24) is 19.5 Å². The third-order valence-corrected chi connectivity index (χ3v) is 6.75. The first-order valence-electron chi connectivity index (χ1n) is 11.6. The first-order chi connectivity index (χ1) is 17.4. The third-order valence-electron chi connectivity index (χ3n) is 6.32. The van der Waals surface area contributed by atoms with Gasteiger partial charge in [-0.25, -0.2) is 4.98 Å². The van der Waals surface area contributed by atoms with Gasteiger partial charge in [0.05, 0.1) is 16.9 Å². The Kier molecular flexibility index (Phi) is 6.85. The van der Waals surface area contributed by atoms with Crippen molar-refractivity contribution in [3.8, 4) is 11.3 Å². The number of amides is 2. The Balaban J connectivity index is 1.34. The number of likely N-dealkylation sites (tertiary alicyclic amines) is 1. The van der Waals surface area contributed by atoms with Crippen LogP contribution in [0.4, 0.5) is 16.3 Å². The minimum absolute atomic E-state index is 0.135. The molecule has 0 atom stereocenters. The molecule has 0 radical (unpaired) electrons. The smallest absolute Gasteiger partial charge is 0.318 e. The number of halogens is 2. The molecule has 1 aliphatic heterocycles. The fraction of sp³-hybridized carbons (Fsp3) is 0.200. The molecule has 0 aliphatic carbocycles. The van der Waals surface area contributed by atoms with Gasteiger partial charge in [0, 0.05) is 42.0 Å². The van der Waals surface area contributed by atoms with Crippen molar-refractivity contribution < 1.29 is 9.59 Å². The van der Waals surface area contributed by atoms with Crippen LogP contribution < -0.4 is 16.1 Å². The number of benzene rings is 2. The Morgan fingerprint density at radius 1 is 1.06 bits per heavy atom. The molecule has 0 saturated carbocycles. The molecule has 2 aromatic carbocycles. The summed E-state index contributed by atoms with van der Waals surface area (Å²) in [5.41, 5.74) is 4.18. The largest absolute Gasteiger partial charge is 0.367 e. The van der Waals surface area contributed by atoms with Crippen LogP contribution in [0.3, 0.4) is 0 Å². The van der Waals surface area contributed by atoms with Gasteiger partial charge in [-0.2, -0.15) is 9.61 Å². The van der Waals surface area contributed by atoms with Crippen LogP contribution in [0, 0.1) is 0 Å². The first-order valence-corrected chi connectivity index (χ1v) is 12.4. The van der Waals surface area contributed by atoms with Crippen LogP contribution in [-0.2, 0) is 0 Å². The van der Waals surface area contributed by atoms with Crippen LogP contribution in [-0.4, -0.2) is 57.7 Å². The van der Waals surface area contributed by atoms with Crippen LogP contribution in [0.15, 0.2) is 60.8 Å². The number of rotatable bonds is 5. The number of carbonyl (C=O) groups excluding carboxylic acids is 2. The molecule has 3 heterocycles. The number of nitrogens with zero attached hydrogens (tertiary/aromatic N) is 4. The molecule has 5 rings (SSSR count). The zero-order valence-corrected chi connectivity index (χ0v) is 21.1. The second-order valence-electron chi connectivity index (χ2n) is 8.72. The molecule has 36 heavy (non-hydrogen) atoms. The van der Waals surface area contributed by atoms with Crippen LogP contribution in [0.5, 0.6) is 0 Å². The molecule has 1 fully saturated rings. The minimum atomic E-state index is -0.730. The van der Waals surface area contributed by atoms with Gasteiger partial charge in [-0.3, -0.25) is 9.59 Å². The Labute approximate surface area is 219 Å². The topological polar surface area (TPSA) is 91.6 Å². The summed E-state index contributed by atoms with van der Waals surface area (Å²) in [6.07, 6.45) is 3.30. The maximum atomic E-state index is 13.2. The normalized spacial score (nSPS) is 14.1. The maximum absolute atomic E-state index is 13.2. The van der Waals surface area contributed by atoms with Gasteiger partial charge in [0.25, 0.3) is 5.91 Å². The summed E-state index contributed by atoms with van der Waals surface area (Å²) >= 11 is 11.9. The van der Waals surface area contributed by atoms with Crippen molar-refractivity contribution >= 4 is 64.9 Å². The highest BCUT2D eigenvalue weighted by molar-refractivity contribution is 6.65. The molecule has 4 aromatic rings. The lowest BCUT2D eigenvalue weighted by Gasteiger charge is -2.33. The Morgan fingerprint density at radius 2 is 1.78 bits per heavy atom. The van der Waals surface area contributed by atoms with Gasteiger partial charge in [-0.05, 0) is 48.1 Å². The predicted octanol–water partition coefficient (Wildman–Crippen LogP) is 3.80. The number of fused-ring (bicyclic) bond motifs is 1. The molecule has 8 nitrogen and oxygen atoms in total. The van der Waals surface area contributed by atoms with Crippen molar-refractivity contribution in [1.29, 1.82) is 0 Å². The van der Waals surface area contributed by atoms with E-state index in [1.54, 1.807) is 39.9 Å². The minimum Gasteiger partial charge on any atom is -0.367 e. The van der Waals surface area contributed by atoms with Gasteiger partial charge >= 0.3 is 5.37 Å². The van der Waals surface area contributed by atoms with Gasteiger partial charge in [0.1, 0.15) is 13.7 Å². The van der Waals surface area contributed by atoms with E-state index in [4.69, 9.17) is 28.2 Å². The van der Waals surface area contributed by atoms with E-state index in [1.165, 1.54) is 0 Å². The Bertz CT molecular complexity index is 1450. The summed E-state index contributed by atoms with van der Waals surface area (Å²) in [5, 5.41) is 10.5. The van der Waals surface area contributed by atoms with Crippen LogP contribution >= 0.6 is 23.2 Å². The van der Waals surface area contributed by atoms with E-state index in [9.17, 15) is 9.59 Å². The summed E-state index contributed by atoms with van der Waals surface area (Å²) < 4.78 is 1.80. The summed E-state index contributed by atoms with van der Waals surface area (Å²) in [5.74, 6) is 0.687. The fourth-order valence-electron chi connectivity index (χ4n) is 4.47. The second kappa shape index (κ2) is 10.2. The maximum Gasteiger partial charge on any atom is 0.318 e. The van der Waals surface area contributed by atoms with E-state index in [0.29, 0.717) is 29.4 Å². The summed E-state index contributed by atoms with van der Waals surface area (Å²) in [7, 11) is 1.98. The Hall–Kier alpha value is -3.56. The van der Waals surface area contributed by atoms with Crippen LogP contribution in [0.2, 0.25) is 5.02 Å². The lowest BCUT2D eigenvalue weighted by molar-refractivity contribution is 0.0719. The number of carbonyl (C=O) groups is 2. The molecular weight excluding hydrogens is 498 g/mol. The van der Waals surface area contributed by atoms with Gasteiger partial charge in [0.2, 0.25) is 0 Å². The van der Waals surface area contributed by atoms with E-state index in [1.807, 2.05) is 38.2 Å². The molecule has 2 N–H and O–H groups in total. The lowest BCUT2D eigenvalue weighted by Crippen LogP contribution is -2.42. The van der Waals surface area contributed by atoms with Gasteiger partial charge in [0.15, 0.2) is 5.65 Å². The number of piperidine rings is 1. The summed E-state index contributed by atoms with van der Waals surface area (Å²) in [6.45, 7) is 1.15. The zero-order valence-electron chi connectivity index (χ0n) is 19.5. The molecule has 2 aromatic heterocycles. The van der Waals surface area contributed by atoms with Gasteiger partial charge in [-0.15, -0.1) is 0 Å². The highest BCUT2D eigenvalue weighted by atomic mass is 35.5. The fourth-order valence-corrected chi connectivity index (χ4v) is 4.81. The van der Waals surface area contributed by atoms with Crippen molar-refractivity contribution in [2.75, 3.05) is 23.7 Å². The molecule has 0 bridgehead atoms. The SMILES string of the molecule is Bc1cnn2c(NC3CCN(C(=O)c4ccccc4NC(=O)Cl)CC3)cc(-c3ccccc3Cl)nc12. The molecular formula is C25H23BCl2N6O2. The molecule has 11 heteroatoms. The second-order valence-corrected chi connectivity index (χ2v) is 9.48. The molecule has 1 saturated heterocycles. The van der Waals surface area contributed by atoms with E-state index in [2.05, 4.69) is 15.7 Å². The van der Waals surface area contributed by atoms with Gasteiger partial charge in [-0.1, -0.05) is 41.9 Å². The highest BCUT2D eigenvalue weighted by Crippen LogP contribution is 2.29. The molecule has 182 valence electrons. The van der Waals surface area contributed by atoms with Crippen LogP contribution in [0.25, 0.3) is 16.9 Å². The summed E-state index contributed by atoms with van der Waals surface area (Å²) in [4.78, 5) is 31.1. The zero-order chi connectivity index (χ0) is 25.2. The molecule has 2 amide bonds. The van der Waals surface area contributed by atoms with Gasteiger partial charge < -0.3 is 15.5 Å². The number of aromatic nitrogens is 3. The van der Waals surface area contributed by atoms with Crippen molar-refractivity contribution in [2.24, 2.45) is 0 Å². The lowest BCUT2D eigenvalue weighted by atomic mass is 10.0. The molecule has 0 unspecified atom stereocenters. The van der Waals surface area contributed by atoms with Crippen LogP contribution in [0.1, 0.15) is 23.2 Å². The summed E-state index contributed by atoms with van der Waals surface area (Å²) in [6, 6.07) is 16.6. The quantitative estimate of drug-likeness (QED) is 0.237. The van der Waals surface area contributed by atoms with Crippen molar-refractivity contribution in [3.63, 3.8) is 0 Å². The number of para-hydroxylation sites is 1. The number of hydrogen-bond donors (Lipinski definition) is 2. The predicted molar refractivity (Wildman–Crippen MR) is 145 cm³/mol. The van der Waals surface area contributed by atoms with E-state index >= 15 is 0 Å². The molecule has 1 aliphatic rings. The average Bonchev–Trinajstić information content (AvgIpc) is 3.25. The van der Waals surface area contributed by atoms with Crippen molar-refractivity contribution in [2.45, 2.75) is 18.9 Å². The standard InChI is InChI=1S/C25H23BCl2N6O2/c26-18-14-29-34-22(13-21(31-23(18)34)16-5-1-3-7-19(16)27)30-15-9-11-33(12-10-15)24(35)17-6-2-4-8-20(17)32-25(28)36/h1-8,13-15,30H,9-12,26H2,(H,32,36). The number of nitrogens with one attached hydrogen (secondary N) is 2. The van der Waals surface area contributed by atoms with Crippen molar-refractivity contribution in [3.05, 3.63) is 71.4 Å². The molecule has 0 spiro atoms. The monoisotopic (exact) mass is 520 g/mol. The van der Waals surface area contributed by atoms with E-state index in [0.717, 1.165) is 41.0 Å². The highest BCUT2D eigenvalue weighted by Gasteiger charge is 2.26. The average molecular weight is 521 g/mol. The Morgan fingerprint density at radius 3 is 2.53 bits per heavy atom. The van der Waals surface area contributed by atoms with E-state index < -0.39 is 5.37 Å².